The predicted molar refractivity (Wildman–Crippen MR) is 91.2 cm³/mol. The molecule has 0 amide bonds. The number of hydrogen-bond acceptors (Lipinski definition) is 5. The molecule has 0 bridgehead atoms. The molecular weight excluding hydrogens is 298 g/mol. The molecule has 0 radical (unpaired) electrons. The van der Waals surface area contributed by atoms with E-state index in [1.165, 1.54) is 0 Å². The fourth-order valence-electron chi connectivity index (χ4n) is 2.74. The molecule has 1 fully saturated rings. The van der Waals surface area contributed by atoms with E-state index in [0.29, 0.717) is 10.6 Å². The smallest absolute Gasteiger partial charge is 0.180 e. The molecule has 0 saturated carbocycles. The lowest BCUT2D eigenvalue weighted by Crippen LogP contribution is -2.47. The topological polar surface area (TPSA) is 52.7 Å². The lowest BCUT2D eigenvalue weighted by Gasteiger charge is -2.34. The van der Waals surface area contributed by atoms with Gasteiger partial charge < -0.3 is 10.2 Å². The van der Waals surface area contributed by atoms with Gasteiger partial charge >= 0.3 is 0 Å². The van der Waals surface area contributed by atoms with Crippen molar-refractivity contribution in [1.82, 2.24) is 9.80 Å². The van der Waals surface area contributed by atoms with Gasteiger partial charge in [0.1, 0.15) is 0 Å². The molecule has 1 atom stereocenters. The third-order valence-electron chi connectivity index (χ3n) is 4.13. The average Bonchev–Trinajstić information content (AvgIpc) is 2.50. The Kier molecular flexibility index (Phi) is 5.83. The Hall–Kier alpha value is -1.11. The molecule has 0 aliphatic carbocycles. The Morgan fingerprint density at radius 3 is 2.45 bits per heavy atom. The van der Waals surface area contributed by atoms with E-state index >= 15 is 0 Å². The Labute approximate surface area is 134 Å². The second-order valence-electron chi connectivity index (χ2n) is 6.05. The number of rotatable bonds is 6. The number of sulfone groups is 1. The third kappa shape index (κ3) is 4.44. The zero-order valence-electron chi connectivity index (χ0n) is 13.7. The molecule has 124 valence electrons. The molecule has 1 N–H and O–H groups in total. The van der Waals surface area contributed by atoms with Crippen LogP contribution in [0, 0.1) is 0 Å². The second-order valence-corrected chi connectivity index (χ2v) is 8.30. The van der Waals surface area contributed by atoms with Crippen LogP contribution in [0.4, 0.5) is 5.69 Å². The summed E-state index contributed by atoms with van der Waals surface area (Å²) in [6, 6.07) is 7.39. The number of nitrogens with zero attached hydrogens (tertiary/aromatic N) is 2. The minimum Gasteiger partial charge on any atom is -0.380 e. The van der Waals surface area contributed by atoms with Crippen LogP contribution in [-0.2, 0) is 9.84 Å². The SMILES string of the molecule is CCS(=O)(=O)c1ccccc1NC(C)CN1CCN(C)CC1. The molecule has 1 saturated heterocycles. The van der Waals surface area contributed by atoms with Crippen molar-refractivity contribution in [2.75, 3.05) is 50.8 Å². The van der Waals surface area contributed by atoms with Crippen LogP contribution >= 0.6 is 0 Å². The number of para-hydroxylation sites is 1. The Bertz CT molecular complexity index is 581. The minimum atomic E-state index is -3.20. The van der Waals surface area contributed by atoms with Crippen LogP contribution in [0.1, 0.15) is 13.8 Å². The highest BCUT2D eigenvalue weighted by atomic mass is 32.2. The largest absolute Gasteiger partial charge is 0.380 e. The molecule has 1 aromatic carbocycles. The summed E-state index contributed by atoms with van der Waals surface area (Å²) in [4.78, 5) is 5.16. The van der Waals surface area contributed by atoms with Crippen LogP contribution in [0.2, 0.25) is 0 Å². The first-order valence-electron chi connectivity index (χ1n) is 7.91. The first kappa shape index (κ1) is 17.2. The van der Waals surface area contributed by atoms with Crippen LogP contribution < -0.4 is 5.32 Å². The highest BCUT2D eigenvalue weighted by Crippen LogP contribution is 2.22. The van der Waals surface area contributed by atoms with Crippen molar-refractivity contribution < 1.29 is 8.42 Å². The molecule has 0 aromatic heterocycles. The molecule has 5 nitrogen and oxygen atoms in total. The average molecular weight is 325 g/mol. The van der Waals surface area contributed by atoms with Gasteiger partial charge in [-0.05, 0) is 26.1 Å². The van der Waals surface area contributed by atoms with Crippen LogP contribution in [0.25, 0.3) is 0 Å². The lowest BCUT2D eigenvalue weighted by molar-refractivity contribution is 0.151. The van der Waals surface area contributed by atoms with E-state index in [2.05, 4.69) is 29.1 Å². The zero-order valence-corrected chi connectivity index (χ0v) is 14.6. The maximum Gasteiger partial charge on any atom is 0.180 e. The predicted octanol–water partition coefficient (Wildman–Crippen LogP) is 1.53. The third-order valence-corrected chi connectivity index (χ3v) is 5.92. The van der Waals surface area contributed by atoms with Crippen molar-refractivity contribution in [1.29, 1.82) is 0 Å². The van der Waals surface area contributed by atoms with Crippen molar-refractivity contribution in [2.24, 2.45) is 0 Å². The quantitative estimate of drug-likeness (QED) is 0.859. The number of piperazine rings is 1. The van der Waals surface area contributed by atoms with Gasteiger partial charge in [-0.1, -0.05) is 19.1 Å². The van der Waals surface area contributed by atoms with Gasteiger partial charge in [0, 0.05) is 38.8 Å². The summed E-state index contributed by atoms with van der Waals surface area (Å²) in [6.07, 6.45) is 0. The van der Waals surface area contributed by atoms with Crippen LogP contribution in [-0.4, -0.2) is 69.8 Å². The number of hydrogen-bond donors (Lipinski definition) is 1. The summed E-state index contributed by atoms with van der Waals surface area (Å²) in [6.45, 7) is 9.03. The molecule has 1 aliphatic heterocycles. The summed E-state index contributed by atoms with van der Waals surface area (Å²) in [5.74, 6) is 0.124. The lowest BCUT2D eigenvalue weighted by atomic mass is 10.2. The van der Waals surface area contributed by atoms with Crippen LogP contribution in [0.5, 0.6) is 0 Å². The Morgan fingerprint density at radius 2 is 1.82 bits per heavy atom. The summed E-state index contributed by atoms with van der Waals surface area (Å²) in [5, 5.41) is 3.37. The van der Waals surface area contributed by atoms with Crippen molar-refractivity contribution in [3.8, 4) is 0 Å². The van der Waals surface area contributed by atoms with Crippen molar-refractivity contribution in [3.05, 3.63) is 24.3 Å². The zero-order chi connectivity index (χ0) is 16.2. The van der Waals surface area contributed by atoms with Gasteiger partial charge in [-0.2, -0.15) is 0 Å². The Balaban J connectivity index is 2.01. The molecule has 1 unspecified atom stereocenters. The fourth-order valence-corrected chi connectivity index (χ4v) is 3.80. The number of anilines is 1. The summed E-state index contributed by atoms with van der Waals surface area (Å²) >= 11 is 0. The normalized spacial score (nSPS) is 19.0. The molecule has 1 heterocycles. The van der Waals surface area contributed by atoms with Gasteiger partial charge in [0.2, 0.25) is 0 Å². The van der Waals surface area contributed by atoms with Crippen molar-refractivity contribution in [3.63, 3.8) is 0 Å². The van der Waals surface area contributed by atoms with Crippen LogP contribution in [0.15, 0.2) is 29.2 Å². The molecule has 6 heteroatoms. The van der Waals surface area contributed by atoms with Gasteiger partial charge in [0.15, 0.2) is 9.84 Å². The van der Waals surface area contributed by atoms with Gasteiger partial charge in [0.05, 0.1) is 16.3 Å². The van der Waals surface area contributed by atoms with Crippen molar-refractivity contribution >= 4 is 15.5 Å². The molecular formula is C16H27N3O2S. The number of nitrogens with one attached hydrogen (secondary N) is 1. The fraction of sp³-hybridized carbons (Fsp3) is 0.625. The second kappa shape index (κ2) is 7.44. The highest BCUT2D eigenvalue weighted by Gasteiger charge is 2.19. The van der Waals surface area contributed by atoms with E-state index in [9.17, 15) is 8.42 Å². The van der Waals surface area contributed by atoms with E-state index in [0.717, 1.165) is 32.7 Å². The first-order chi connectivity index (χ1) is 10.4. The maximum absolute atomic E-state index is 12.2. The number of likely N-dealkylation sites (N-methyl/N-ethyl adjacent to an activating group) is 1. The monoisotopic (exact) mass is 325 g/mol. The summed E-state index contributed by atoms with van der Waals surface area (Å²) < 4.78 is 24.3. The van der Waals surface area contributed by atoms with E-state index in [1.54, 1.807) is 19.1 Å². The van der Waals surface area contributed by atoms with Gasteiger partial charge in [-0.25, -0.2) is 8.42 Å². The van der Waals surface area contributed by atoms with E-state index in [-0.39, 0.29) is 11.8 Å². The maximum atomic E-state index is 12.2. The molecule has 0 spiro atoms. The summed E-state index contributed by atoms with van der Waals surface area (Å²) in [7, 11) is -1.05. The van der Waals surface area contributed by atoms with Crippen LogP contribution in [0.3, 0.4) is 0 Å². The first-order valence-corrected chi connectivity index (χ1v) is 9.57. The number of benzene rings is 1. The standard InChI is InChI=1S/C16H27N3O2S/c1-4-22(20,21)16-8-6-5-7-15(16)17-14(2)13-19-11-9-18(3)10-12-19/h5-8,14,17H,4,9-13H2,1-3H3. The summed E-state index contributed by atoms with van der Waals surface area (Å²) in [5.41, 5.74) is 0.714. The molecule has 22 heavy (non-hydrogen) atoms. The van der Waals surface area contributed by atoms with E-state index in [4.69, 9.17) is 0 Å². The molecule has 1 aromatic rings. The highest BCUT2D eigenvalue weighted by molar-refractivity contribution is 7.91. The van der Waals surface area contributed by atoms with Gasteiger partial charge in [-0.15, -0.1) is 0 Å². The van der Waals surface area contributed by atoms with E-state index < -0.39 is 9.84 Å². The van der Waals surface area contributed by atoms with Crippen molar-refractivity contribution in [2.45, 2.75) is 24.8 Å². The van der Waals surface area contributed by atoms with E-state index in [1.807, 2.05) is 12.1 Å². The van der Waals surface area contributed by atoms with Gasteiger partial charge in [0.25, 0.3) is 0 Å². The molecule has 2 rings (SSSR count). The Morgan fingerprint density at radius 1 is 1.18 bits per heavy atom. The minimum absolute atomic E-state index is 0.124. The molecule has 1 aliphatic rings. The van der Waals surface area contributed by atoms with Gasteiger partial charge in [-0.3, -0.25) is 4.90 Å².